The van der Waals surface area contributed by atoms with Crippen molar-refractivity contribution in [1.82, 2.24) is 9.97 Å². The molecule has 1 aromatic rings. The molecule has 1 heterocycles. The first-order valence-electron chi connectivity index (χ1n) is 5.17. The van der Waals surface area contributed by atoms with Crippen LogP contribution in [0.3, 0.4) is 0 Å². The number of hydrogen-bond acceptors (Lipinski definition) is 5. The van der Waals surface area contributed by atoms with E-state index in [1.165, 1.54) is 6.33 Å². The lowest BCUT2D eigenvalue weighted by molar-refractivity contribution is 0.595. The van der Waals surface area contributed by atoms with E-state index in [4.69, 9.17) is 16.7 Å². The maximum absolute atomic E-state index is 10.7. The molecule has 0 radical (unpaired) electrons. The van der Waals surface area contributed by atoms with Gasteiger partial charge in [0.05, 0.1) is 5.75 Å². The molecule has 0 saturated heterocycles. The van der Waals surface area contributed by atoms with E-state index in [1.54, 1.807) is 0 Å². The third-order valence-electron chi connectivity index (χ3n) is 2.14. The van der Waals surface area contributed by atoms with Crippen molar-refractivity contribution in [2.75, 3.05) is 17.6 Å². The van der Waals surface area contributed by atoms with Crippen LogP contribution < -0.4 is 10.5 Å². The molecule has 0 aliphatic heterocycles. The van der Waals surface area contributed by atoms with Crippen LogP contribution in [0.25, 0.3) is 0 Å². The molecule has 0 bridgehead atoms. The van der Waals surface area contributed by atoms with Gasteiger partial charge in [0.25, 0.3) is 0 Å². The van der Waals surface area contributed by atoms with Crippen LogP contribution in [0.5, 0.6) is 0 Å². The standard InChI is InChI=1S/C9H15ClN4O2S/c1-2-7-8(10)13-6-14-9(7)12-4-3-5-17(11,15)16/h6H,2-5H2,1H3,(H2,11,15,16)(H,12,13,14). The molecule has 0 aliphatic rings. The predicted molar refractivity (Wildman–Crippen MR) is 67.5 cm³/mol. The molecule has 96 valence electrons. The van der Waals surface area contributed by atoms with Crippen LogP contribution >= 0.6 is 11.6 Å². The zero-order valence-corrected chi connectivity index (χ0v) is 11.1. The Morgan fingerprint density at radius 1 is 1.47 bits per heavy atom. The van der Waals surface area contributed by atoms with Crippen LogP contribution in [0.2, 0.25) is 5.15 Å². The van der Waals surface area contributed by atoms with Crippen molar-refractivity contribution in [3.8, 4) is 0 Å². The topological polar surface area (TPSA) is 98.0 Å². The highest BCUT2D eigenvalue weighted by Crippen LogP contribution is 2.19. The maximum atomic E-state index is 10.7. The van der Waals surface area contributed by atoms with E-state index in [2.05, 4.69) is 15.3 Å². The van der Waals surface area contributed by atoms with Gasteiger partial charge in [0.1, 0.15) is 17.3 Å². The normalized spacial score (nSPS) is 11.5. The fourth-order valence-electron chi connectivity index (χ4n) is 1.34. The van der Waals surface area contributed by atoms with E-state index >= 15 is 0 Å². The van der Waals surface area contributed by atoms with Crippen molar-refractivity contribution >= 4 is 27.4 Å². The molecule has 0 aliphatic carbocycles. The van der Waals surface area contributed by atoms with Crippen molar-refractivity contribution in [3.05, 3.63) is 17.0 Å². The van der Waals surface area contributed by atoms with E-state index in [1.807, 2.05) is 6.92 Å². The summed E-state index contributed by atoms with van der Waals surface area (Å²) in [6.07, 6.45) is 2.49. The van der Waals surface area contributed by atoms with Gasteiger partial charge in [-0.3, -0.25) is 0 Å². The van der Waals surface area contributed by atoms with Crippen molar-refractivity contribution in [2.24, 2.45) is 5.14 Å². The van der Waals surface area contributed by atoms with Gasteiger partial charge in [-0.2, -0.15) is 0 Å². The Morgan fingerprint density at radius 2 is 2.18 bits per heavy atom. The number of nitrogens with two attached hydrogens (primary N) is 1. The van der Waals surface area contributed by atoms with Crippen molar-refractivity contribution in [2.45, 2.75) is 19.8 Å². The first-order chi connectivity index (χ1) is 7.94. The number of sulfonamides is 1. The second-order valence-corrected chi connectivity index (χ2v) is 5.58. The zero-order chi connectivity index (χ0) is 12.9. The molecule has 1 aromatic heterocycles. The summed E-state index contributed by atoms with van der Waals surface area (Å²) in [6.45, 7) is 2.41. The molecule has 0 spiro atoms. The van der Waals surface area contributed by atoms with Gasteiger partial charge >= 0.3 is 0 Å². The van der Waals surface area contributed by atoms with Crippen LogP contribution in [0, 0.1) is 0 Å². The average molecular weight is 279 g/mol. The molecule has 3 N–H and O–H groups in total. The second-order valence-electron chi connectivity index (χ2n) is 3.49. The first kappa shape index (κ1) is 14.1. The lowest BCUT2D eigenvalue weighted by Gasteiger charge is -2.09. The van der Waals surface area contributed by atoms with Gasteiger partial charge in [0.2, 0.25) is 10.0 Å². The van der Waals surface area contributed by atoms with Crippen LogP contribution in [-0.4, -0.2) is 30.7 Å². The summed E-state index contributed by atoms with van der Waals surface area (Å²) >= 11 is 5.91. The van der Waals surface area contributed by atoms with Crippen LogP contribution in [0.15, 0.2) is 6.33 Å². The van der Waals surface area contributed by atoms with E-state index in [-0.39, 0.29) is 5.75 Å². The van der Waals surface area contributed by atoms with E-state index in [0.29, 0.717) is 30.4 Å². The predicted octanol–water partition coefficient (Wildman–Crippen LogP) is 0.783. The van der Waals surface area contributed by atoms with Gasteiger partial charge in [-0.1, -0.05) is 18.5 Å². The highest BCUT2D eigenvalue weighted by Gasteiger charge is 2.08. The molecule has 0 unspecified atom stereocenters. The van der Waals surface area contributed by atoms with E-state index in [0.717, 1.165) is 5.56 Å². The van der Waals surface area contributed by atoms with Gasteiger partial charge in [-0.15, -0.1) is 0 Å². The van der Waals surface area contributed by atoms with Crippen LogP contribution in [0.1, 0.15) is 18.9 Å². The lowest BCUT2D eigenvalue weighted by Crippen LogP contribution is -2.19. The molecule has 0 atom stereocenters. The van der Waals surface area contributed by atoms with E-state index < -0.39 is 10.0 Å². The molecule has 8 heteroatoms. The molecule has 6 nitrogen and oxygen atoms in total. The highest BCUT2D eigenvalue weighted by molar-refractivity contribution is 7.89. The Hall–Kier alpha value is -0.920. The molecular weight excluding hydrogens is 264 g/mol. The summed E-state index contributed by atoms with van der Waals surface area (Å²) in [5, 5.41) is 8.33. The zero-order valence-electron chi connectivity index (χ0n) is 9.48. The van der Waals surface area contributed by atoms with E-state index in [9.17, 15) is 8.42 Å². The van der Waals surface area contributed by atoms with Crippen LogP contribution in [0.4, 0.5) is 5.82 Å². The number of nitrogens with zero attached hydrogens (tertiary/aromatic N) is 2. The number of rotatable bonds is 6. The number of aromatic nitrogens is 2. The SMILES string of the molecule is CCc1c(Cl)ncnc1NCCCS(N)(=O)=O. The number of anilines is 1. The Kier molecular flexibility index (Phi) is 5.10. The lowest BCUT2D eigenvalue weighted by atomic mass is 10.2. The minimum Gasteiger partial charge on any atom is -0.370 e. The number of halogens is 1. The van der Waals surface area contributed by atoms with Gasteiger partial charge < -0.3 is 5.32 Å². The third kappa shape index (κ3) is 4.84. The fourth-order valence-corrected chi connectivity index (χ4v) is 2.15. The van der Waals surface area contributed by atoms with Gasteiger partial charge in [0.15, 0.2) is 0 Å². The first-order valence-corrected chi connectivity index (χ1v) is 7.27. The smallest absolute Gasteiger partial charge is 0.209 e. The van der Waals surface area contributed by atoms with Crippen molar-refractivity contribution in [3.63, 3.8) is 0 Å². The third-order valence-corrected chi connectivity index (χ3v) is 3.33. The quantitative estimate of drug-likeness (QED) is 0.592. The molecule has 0 amide bonds. The van der Waals surface area contributed by atoms with Gasteiger partial charge in [-0.05, 0) is 12.8 Å². The molecule has 0 fully saturated rings. The number of nitrogens with one attached hydrogen (secondary N) is 1. The number of hydrogen-bond donors (Lipinski definition) is 2. The maximum Gasteiger partial charge on any atom is 0.209 e. The summed E-state index contributed by atoms with van der Waals surface area (Å²) in [6, 6.07) is 0. The average Bonchev–Trinajstić information content (AvgIpc) is 2.23. The Morgan fingerprint density at radius 3 is 2.76 bits per heavy atom. The minimum absolute atomic E-state index is 0.0553. The molecule has 0 aromatic carbocycles. The van der Waals surface area contributed by atoms with Crippen molar-refractivity contribution < 1.29 is 8.42 Å². The Bertz CT molecular complexity index is 478. The van der Waals surface area contributed by atoms with Crippen molar-refractivity contribution in [1.29, 1.82) is 0 Å². The Labute approximate surface area is 106 Å². The Balaban J connectivity index is 2.55. The summed E-state index contributed by atoms with van der Waals surface area (Å²) < 4.78 is 21.4. The van der Waals surface area contributed by atoms with Gasteiger partial charge in [0, 0.05) is 12.1 Å². The monoisotopic (exact) mass is 278 g/mol. The minimum atomic E-state index is -3.40. The second kappa shape index (κ2) is 6.13. The summed E-state index contributed by atoms with van der Waals surface area (Å²) in [5.74, 6) is 0.585. The highest BCUT2D eigenvalue weighted by atomic mass is 35.5. The molecule has 0 saturated carbocycles. The summed E-state index contributed by atoms with van der Waals surface area (Å²) in [7, 11) is -3.40. The number of primary sulfonamides is 1. The largest absolute Gasteiger partial charge is 0.370 e. The molecular formula is C9H15ClN4O2S. The van der Waals surface area contributed by atoms with Crippen LogP contribution in [-0.2, 0) is 16.4 Å². The van der Waals surface area contributed by atoms with Gasteiger partial charge in [-0.25, -0.2) is 23.5 Å². The summed E-state index contributed by atoms with van der Waals surface area (Å²) in [4.78, 5) is 7.93. The fraction of sp³-hybridized carbons (Fsp3) is 0.556. The summed E-state index contributed by atoms with van der Waals surface area (Å²) in [5.41, 5.74) is 0.824. The molecule has 1 rings (SSSR count). The molecule has 17 heavy (non-hydrogen) atoms.